The van der Waals surface area contributed by atoms with Gasteiger partial charge >= 0.3 is 0 Å². The lowest BCUT2D eigenvalue weighted by Gasteiger charge is -2.09. The van der Waals surface area contributed by atoms with Crippen LogP contribution >= 0.6 is 0 Å². The highest BCUT2D eigenvalue weighted by Crippen LogP contribution is 2.14. The molecule has 0 saturated carbocycles. The van der Waals surface area contributed by atoms with Crippen LogP contribution in [0.4, 0.5) is 0 Å². The minimum absolute atomic E-state index is 0.0336. The number of aliphatic imine (C=N–C) groups is 1. The fourth-order valence-electron chi connectivity index (χ4n) is 1.79. The predicted octanol–water partition coefficient (Wildman–Crippen LogP) is 3.14. The van der Waals surface area contributed by atoms with Crippen molar-refractivity contribution >= 4 is 23.5 Å². The molecule has 0 aliphatic heterocycles. The van der Waals surface area contributed by atoms with E-state index < -0.39 is 0 Å². The molecule has 0 fully saturated rings. The van der Waals surface area contributed by atoms with Crippen molar-refractivity contribution in [2.75, 3.05) is 0 Å². The van der Waals surface area contributed by atoms with Crippen LogP contribution < -0.4 is 0 Å². The van der Waals surface area contributed by atoms with E-state index in [0.29, 0.717) is 11.3 Å². The monoisotopic (exact) mass is 265 g/mol. The molecule has 20 heavy (non-hydrogen) atoms. The molecule has 1 aliphatic rings. The highest BCUT2D eigenvalue weighted by atomic mass is 16.1. The van der Waals surface area contributed by atoms with Crippen LogP contribution in [-0.2, 0) is 9.59 Å². The van der Waals surface area contributed by atoms with Crippen molar-refractivity contribution < 1.29 is 9.59 Å². The SMILES string of the molecule is CC1=C(C)C(=NC(=O)/C=C/c2ccccc2)C=CC1=O. The maximum atomic E-state index is 11.8. The summed E-state index contributed by atoms with van der Waals surface area (Å²) in [6.45, 7) is 3.53. The van der Waals surface area contributed by atoms with Gasteiger partial charge in [0.1, 0.15) is 0 Å². The fraction of sp³-hybridized carbons (Fsp3) is 0.118. The summed E-state index contributed by atoms with van der Waals surface area (Å²) >= 11 is 0. The zero-order valence-corrected chi connectivity index (χ0v) is 11.5. The van der Waals surface area contributed by atoms with Crippen molar-refractivity contribution in [1.29, 1.82) is 0 Å². The first-order chi connectivity index (χ1) is 9.58. The van der Waals surface area contributed by atoms with E-state index >= 15 is 0 Å². The van der Waals surface area contributed by atoms with E-state index in [1.807, 2.05) is 30.3 Å². The van der Waals surface area contributed by atoms with Crippen LogP contribution in [0.2, 0.25) is 0 Å². The Balaban J connectivity index is 2.16. The summed E-state index contributed by atoms with van der Waals surface area (Å²) in [6, 6.07) is 9.54. The number of allylic oxidation sites excluding steroid dienone is 4. The minimum Gasteiger partial charge on any atom is -0.290 e. The maximum Gasteiger partial charge on any atom is 0.270 e. The lowest BCUT2D eigenvalue weighted by Crippen LogP contribution is -2.12. The van der Waals surface area contributed by atoms with Gasteiger partial charge in [-0.25, -0.2) is 4.99 Å². The molecule has 3 nitrogen and oxygen atoms in total. The van der Waals surface area contributed by atoms with Crippen molar-refractivity contribution in [2.24, 2.45) is 4.99 Å². The summed E-state index contributed by atoms with van der Waals surface area (Å²) in [7, 11) is 0. The van der Waals surface area contributed by atoms with Crippen molar-refractivity contribution in [2.45, 2.75) is 13.8 Å². The molecule has 0 N–H and O–H groups in total. The largest absolute Gasteiger partial charge is 0.290 e. The Bertz CT molecular complexity index is 661. The molecule has 0 saturated heterocycles. The zero-order valence-electron chi connectivity index (χ0n) is 11.5. The Morgan fingerprint density at radius 1 is 1.05 bits per heavy atom. The summed E-state index contributed by atoms with van der Waals surface area (Å²) in [5.41, 5.74) is 2.87. The van der Waals surface area contributed by atoms with Gasteiger partial charge in [0.15, 0.2) is 5.78 Å². The second kappa shape index (κ2) is 6.06. The highest BCUT2D eigenvalue weighted by molar-refractivity contribution is 6.24. The average Bonchev–Trinajstić information content (AvgIpc) is 2.47. The Labute approximate surface area is 118 Å². The van der Waals surface area contributed by atoms with E-state index in [4.69, 9.17) is 0 Å². The summed E-state index contributed by atoms with van der Waals surface area (Å²) in [5.74, 6) is -0.372. The van der Waals surface area contributed by atoms with Crippen LogP contribution in [0.1, 0.15) is 19.4 Å². The van der Waals surface area contributed by atoms with E-state index in [9.17, 15) is 9.59 Å². The van der Waals surface area contributed by atoms with Gasteiger partial charge in [0.2, 0.25) is 0 Å². The van der Waals surface area contributed by atoms with Gasteiger partial charge in [-0.15, -0.1) is 0 Å². The first-order valence-electron chi connectivity index (χ1n) is 6.34. The number of hydrogen-bond acceptors (Lipinski definition) is 2. The third-order valence-corrected chi connectivity index (χ3v) is 3.16. The van der Waals surface area contributed by atoms with Crippen molar-refractivity contribution in [3.05, 3.63) is 65.3 Å². The van der Waals surface area contributed by atoms with Gasteiger partial charge in [-0.05, 0) is 43.2 Å². The predicted molar refractivity (Wildman–Crippen MR) is 80.4 cm³/mol. The van der Waals surface area contributed by atoms with Crippen LogP contribution in [0.3, 0.4) is 0 Å². The number of carbonyl (C=O) groups is 2. The second-order valence-electron chi connectivity index (χ2n) is 4.53. The molecule has 1 aromatic carbocycles. The van der Waals surface area contributed by atoms with Crippen LogP contribution in [0.5, 0.6) is 0 Å². The Kier molecular flexibility index (Phi) is 4.20. The van der Waals surface area contributed by atoms with Crippen LogP contribution in [0, 0.1) is 0 Å². The minimum atomic E-state index is -0.338. The summed E-state index contributed by atoms with van der Waals surface area (Å²) in [5, 5.41) is 0. The Hall–Kier alpha value is -2.55. The van der Waals surface area contributed by atoms with Gasteiger partial charge in [0.25, 0.3) is 5.91 Å². The molecular formula is C17H15NO2. The lowest BCUT2D eigenvalue weighted by molar-refractivity contribution is -0.113. The Morgan fingerprint density at radius 2 is 1.75 bits per heavy atom. The first-order valence-corrected chi connectivity index (χ1v) is 6.34. The number of benzene rings is 1. The zero-order chi connectivity index (χ0) is 14.5. The van der Waals surface area contributed by atoms with Crippen molar-refractivity contribution in [1.82, 2.24) is 0 Å². The second-order valence-corrected chi connectivity index (χ2v) is 4.53. The van der Waals surface area contributed by atoms with Gasteiger partial charge < -0.3 is 0 Å². The molecule has 2 rings (SSSR count). The average molecular weight is 265 g/mol. The van der Waals surface area contributed by atoms with E-state index in [1.54, 1.807) is 26.0 Å². The number of ketones is 1. The quantitative estimate of drug-likeness (QED) is 0.609. The molecule has 100 valence electrons. The van der Waals surface area contributed by atoms with Gasteiger partial charge in [0.05, 0.1) is 5.71 Å². The van der Waals surface area contributed by atoms with Crippen molar-refractivity contribution in [3.63, 3.8) is 0 Å². The summed E-state index contributed by atoms with van der Waals surface area (Å²) in [6.07, 6.45) is 6.17. The molecule has 3 heteroatoms. The molecule has 1 aliphatic carbocycles. The highest BCUT2D eigenvalue weighted by Gasteiger charge is 2.14. The van der Waals surface area contributed by atoms with E-state index in [2.05, 4.69) is 4.99 Å². The number of amides is 1. The van der Waals surface area contributed by atoms with Crippen LogP contribution in [-0.4, -0.2) is 17.4 Å². The van der Waals surface area contributed by atoms with E-state index in [0.717, 1.165) is 11.1 Å². The number of carbonyl (C=O) groups excluding carboxylic acids is 2. The molecule has 1 amide bonds. The third kappa shape index (κ3) is 3.26. The van der Waals surface area contributed by atoms with Gasteiger partial charge in [-0.2, -0.15) is 0 Å². The molecule has 0 bridgehead atoms. The number of hydrogen-bond donors (Lipinski definition) is 0. The standard InChI is InChI=1S/C17H15NO2/c1-12-13(2)16(19)10-9-15(12)18-17(20)11-8-14-6-4-3-5-7-14/h3-11H,1-2H3/b11-8+,18-15?. The van der Waals surface area contributed by atoms with Crippen LogP contribution in [0.15, 0.2) is 64.7 Å². The molecule has 0 radical (unpaired) electrons. The molecule has 0 spiro atoms. The number of rotatable bonds is 2. The number of nitrogens with zero attached hydrogens (tertiary/aromatic N) is 1. The van der Waals surface area contributed by atoms with Crippen molar-refractivity contribution in [3.8, 4) is 0 Å². The van der Waals surface area contributed by atoms with Gasteiger partial charge in [-0.1, -0.05) is 30.3 Å². The molecule has 0 heterocycles. The summed E-state index contributed by atoms with van der Waals surface area (Å²) < 4.78 is 0. The van der Waals surface area contributed by atoms with E-state index in [-0.39, 0.29) is 11.7 Å². The van der Waals surface area contributed by atoms with Gasteiger partial charge in [-0.3, -0.25) is 9.59 Å². The molecule has 1 aromatic rings. The van der Waals surface area contributed by atoms with Crippen LogP contribution in [0.25, 0.3) is 6.08 Å². The molecule has 0 aromatic heterocycles. The normalized spacial score (nSPS) is 17.3. The third-order valence-electron chi connectivity index (χ3n) is 3.16. The Morgan fingerprint density at radius 3 is 2.45 bits per heavy atom. The first kappa shape index (κ1) is 13.9. The maximum absolute atomic E-state index is 11.8. The molecule has 0 unspecified atom stereocenters. The fourth-order valence-corrected chi connectivity index (χ4v) is 1.79. The molecule has 0 atom stereocenters. The van der Waals surface area contributed by atoms with E-state index in [1.165, 1.54) is 12.2 Å². The lowest BCUT2D eigenvalue weighted by atomic mass is 9.97. The van der Waals surface area contributed by atoms with Gasteiger partial charge in [0, 0.05) is 11.6 Å². The molecular weight excluding hydrogens is 250 g/mol. The topological polar surface area (TPSA) is 46.5 Å². The smallest absolute Gasteiger partial charge is 0.270 e. The summed E-state index contributed by atoms with van der Waals surface area (Å²) in [4.78, 5) is 27.3.